The molecule has 1 aromatic carbocycles. The topological polar surface area (TPSA) is 47.1 Å². The lowest BCUT2D eigenvalue weighted by Gasteiger charge is -2.25. The number of rotatable bonds is 1. The van der Waals surface area contributed by atoms with Crippen LogP contribution in [0.5, 0.6) is 0 Å². The molecule has 0 unspecified atom stereocenters. The van der Waals surface area contributed by atoms with E-state index < -0.39 is 0 Å². The van der Waals surface area contributed by atoms with Crippen LogP contribution >= 0.6 is 0 Å². The Morgan fingerprint density at radius 2 is 2.11 bits per heavy atom. The Kier molecular flexibility index (Phi) is 1.94. The van der Waals surface area contributed by atoms with Crippen molar-refractivity contribution in [3.8, 4) is 0 Å². The Morgan fingerprint density at radius 3 is 3.06 bits per heavy atom. The molecule has 0 spiro atoms. The average Bonchev–Trinajstić information content (AvgIpc) is 3.04. The zero-order chi connectivity index (χ0) is 11.9. The van der Waals surface area contributed by atoms with E-state index in [1.54, 1.807) is 0 Å². The Labute approximate surface area is 104 Å². The summed E-state index contributed by atoms with van der Waals surface area (Å²) in [5.74, 6) is 1.06. The highest BCUT2D eigenvalue weighted by Gasteiger charge is 2.20. The van der Waals surface area contributed by atoms with Crippen molar-refractivity contribution in [3.63, 3.8) is 0 Å². The predicted octanol–water partition coefficient (Wildman–Crippen LogP) is 2.04. The minimum absolute atomic E-state index is 0.686. The van der Waals surface area contributed by atoms with Crippen LogP contribution in [0.15, 0.2) is 41.1 Å². The summed E-state index contributed by atoms with van der Waals surface area (Å²) >= 11 is 0. The zero-order valence-electron chi connectivity index (χ0n) is 9.78. The fourth-order valence-corrected chi connectivity index (χ4v) is 2.33. The normalized spacial score (nSPS) is 15.0. The summed E-state index contributed by atoms with van der Waals surface area (Å²) in [5.41, 5.74) is 1.74. The lowest BCUT2D eigenvalue weighted by molar-refractivity contribution is 0.500. The van der Waals surface area contributed by atoms with Gasteiger partial charge >= 0.3 is 0 Å². The van der Waals surface area contributed by atoms with Crippen LogP contribution in [0.4, 0.5) is 6.01 Å². The van der Waals surface area contributed by atoms with Gasteiger partial charge in [-0.25, -0.2) is 4.98 Å². The van der Waals surface area contributed by atoms with Gasteiger partial charge in [0.05, 0.1) is 6.54 Å². The zero-order valence-corrected chi connectivity index (χ0v) is 9.78. The lowest BCUT2D eigenvalue weighted by Crippen LogP contribution is -2.33. The van der Waals surface area contributed by atoms with Crippen LogP contribution in [-0.4, -0.2) is 21.1 Å². The quantitative estimate of drug-likeness (QED) is 0.653. The van der Waals surface area contributed by atoms with Gasteiger partial charge < -0.3 is 13.9 Å². The minimum atomic E-state index is 0.686. The molecule has 3 aromatic rings. The van der Waals surface area contributed by atoms with E-state index >= 15 is 0 Å². The van der Waals surface area contributed by atoms with Crippen molar-refractivity contribution in [1.82, 2.24) is 14.5 Å². The molecule has 1 aliphatic rings. The van der Waals surface area contributed by atoms with Gasteiger partial charge in [-0.2, -0.15) is 4.98 Å². The third kappa shape index (κ3) is 1.40. The van der Waals surface area contributed by atoms with Gasteiger partial charge in [0.25, 0.3) is 6.01 Å². The smallest absolute Gasteiger partial charge is 0.298 e. The van der Waals surface area contributed by atoms with E-state index in [2.05, 4.69) is 19.4 Å². The van der Waals surface area contributed by atoms with Gasteiger partial charge in [0.1, 0.15) is 11.3 Å². The molecule has 0 radical (unpaired) electrons. The molecule has 1 aliphatic heterocycles. The molecule has 3 heterocycles. The van der Waals surface area contributed by atoms with E-state index in [4.69, 9.17) is 4.42 Å². The van der Waals surface area contributed by atoms with Crippen molar-refractivity contribution < 1.29 is 4.42 Å². The second-order valence-corrected chi connectivity index (χ2v) is 4.42. The Hall–Kier alpha value is -2.30. The summed E-state index contributed by atoms with van der Waals surface area (Å²) in [5, 5.41) is 0. The van der Waals surface area contributed by atoms with E-state index in [0.717, 1.165) is 36.6 Å². The molecular weight excluding hydrogens is 228 g/mol. The highest BCUT2D eigenvalue weighted by Crippen LogP contribution is 2.24. The molecule has 0 atom stereocenters. The van der Waals surface area contributed by atoms with E-state index in [0.29, 0.717) is 6.01 Å². The predicted molar refractivity (Wildman–Crippen MR) is 67.3 cm³/mol. The van der Waals surface area contributed by atoms with Crippen molar-refractivity contribution in [3.05, 3.63) is 42.5 Å². The van der Waals surface area contributed by atoms with Crippen molar-refractivity contribution in [2.24, 2.45) is 0 Å². The maximum atomic E-state index is 5.78. The van der Waals surface area contributed by atoms with E-state index in [1.165, 1.54) is 0 Å². The van der Waals surface area contributed by atoms with E-state index in [-0.39, 0.29) is 0 Å². The molecule has 2 aromatic heterocycles. The standard InChI is InChI=1S/C13H12N4O/c1-2-4-11-10(3-1)15-13(18-11)17-8-7-16-6-5-14-12(16)9-17/h1-6H,7-9H2. The van der Waals surface area contributed by atoms with Crippen molar-refractivity contribution in [2.75, 3.05) is 11.4 Å². The minimum Gasteiger partial charge on any atom is -0.423 e. The highest BCUT2D eigenvalue weighted by atomic mass is 16.4. The SMILES string of the molecule is c1ccc2oc(N3CCn4ccnc4C3)nc2c1. The van der Waals surface area contributed by atoms with Crippen molar-refractivity contribution in [2.45, 2.75) is 13.1 Å². The first-order valence-electron chi connectivity index (χ1n) is 6.01. The third-order valence-electron chi connectivity index (χ3n) is 3.30. The van der Waals surface area contributed by atoms with Crippen LogP contribution in [0.1, 0.15) is 5.82 Å². The maximum Gasteiger partial charge on any atom is 0.298 e. The van der Waals surface area contributed by atoms with Gasteiger partial charge in [0, 0.05) is 25.5 Å². The van der Waals surface area contributed by atoms with E-state index in [1.807, 2.05) is 36.7 Å². The fraction of sp³-hybridized carbons (Fsp3) is 0.231. The summed E-state index contributed by atoms with van der Waals surface area (Å²) in [7, 11) is 0. The van der Waals surface area contributed by atoms with Gasteiger partial charge in [-0.3, -0.25) is 0 Å². The summed E-state index contributed by atoms with van der Waals surface area (Å²) < 4.78 is 7.94. The van der Waals surface area contributed by atoms with Gasteiger partial charge in [0.2, 0.25) is 0 Å². The average molecular weight is 240 g/mol. The molecule has 0 aliphatic carbocycles. The molecule has 90 valence electrons. The summed E-state index contributed by atoms with van der Waals surface area (Å²) in [6, 6.07) is 8.52. The summed E-state index contributed by atoms with van der Waals surface area (Å²) in [6.07, 6.45) is 3.85. The fourth-order valence-electron chi connectivity index (χ4n) is 2.33. The molecule has 0 saturated carbocycles. The second-order valence-electron chi connectivity index (χ2n) is 4.42. The van der Waals surface area contributed by atoms with Crippen molar-refractivity contribution in [1.29, 1.82) is 0 Å². The number of anilines is 1. The second kappa shape index (κ2) is 3.60. The number of benzene rings is 1. The summed E-state index contributed by atoms with van der Waals surface area (Å²) in [4.78, 5) is 11.0. The first-order valence-corrected chi connectivity index (χ1v) is 6.01. The van der Waals surface area contributed by atoms with Crippen LogP contribution in [-0.2, 0) is 13.1 Å². The van der Waals surface area contributed by atoms with Crippen molar-refractivity contribution >= 4 is 17.1 Å². The van der Waals surface area contributed by atoms with Gasteiger partial charge in [-0.15, -0.1) is 0 Å². The van der Waals surface area contributed by atoms with Gasteiger partial charge in [0.15, 0.2) is 5.58 Å². The number of nitrogens with zero attached hydrogens (tertiary/aromatic N) is 4. The Balaban J connectivity index is 1.72. The van der Waals surface area contributed by atoms with Crippen LogP contribution < -0.4 is 4.90 Å². The molecular formula is C13H12N4O. The van der Waals surface area contributed by atoms with Crippen LogP contribution in [0, 0.1) is 0 Å². The Morgan fingerprint density at radius 1 is 1.17 bits per heavy atom. The number of para-hydroxylation sites is 2. The molecule has 0 saturated heterocycles. The van der Waals surface area contributed by atoms with E-state index in [9.17, 15) is 0 Å². The first kappa shape index (κ1) is 9.70. The third-order valence-corrected chi connectivity index (χ3v) is 3.30. The molecule has 0 amide bonds. The number of hydrogen-bond acceptors (Lipinski definition) is 4. The molecule has 0 bridgehead atoms. The first-order chi connectivity index (χ1) is 8.90. The van der Waals surface area contributed by atoms with Gasteiger partial charge in [-0.1, -0.05) is 12.1 Å². The molecule has 4 rings (SSSR count). The van der Waals surface area contributed by atoms with Crippen LogP contribution in [0.2, 0.25) is 0 Å². The number of aromatic nitrogens is 3. The molecule has 18 heavy (non-hydrogen) atoms. The van der Waals surface area contributed by atoms with Gasteiger partial charge in [-0.05, 0) is 12.1 Å². The number of imidazole rings is 1. The summed E-state index contributed by atoms with van der Waals surface area (Å²) in [6.45, 7) is 2.57. The largest absolute Gasteiger partial charge is 0.423 e. The monoisotopic (exact) mass is 240 g/mol. The molecule has 0 fully saturated rings. The molecule has 0 N–H and O–H groups in total. The highest BCUT2D eigenvalue weighted by molar-refractivity contribution is 5.74. The maximum absolute atomic E-state index is 5.78. The number of hydrogen-bond donors (Lipinski definition) is 0. The van der Waals surface area contributed by atoms with Crippen LogP contribution in [0.3, 0.4) is 0 Å². The van der Waals surface area contributed by atoms with Crippen LogP contribution in [0.25, 0.3) is 11.1 Å². The molecule has 5 nitrogen and oxygen atoms in total. The number of oxazole rings is 1. The number of fused-ring (bicyclic) bond motifs is 2. The molecule has 5 heteroatoms. The lowest BCUT2D eigenvalue weighted by atomic mass is 10.3. The Bertz CT molecular complexity index is 667.